The highest BCUT2D eigenvalue weighted by atomic mass is 35.5. The van der Waals surface area contributed by atoms with E-state index in [0.717, 1.165) is 11.1 Å². The van der Waals surface area contributed by atoms with Gasteiger partial charge in [-0.05, 0) is 49.2 Å². The molecule has 0 amide bonds. The molecule has 0 saturated heterocycles. The Morgan fingerprint density at radius 2 is 1.86 bits per heavy atom. The monoisotopic (exact) mass is 320 g/mol. The van der Waals surface area contributed by atoms with E-state index in [-0.39, 0.29) is 15.5 Å². The van der Waals surface area contributed by atoms with Crippen molar-refractivity contribution in [3.63, 3.8) is 0 Å². The third kappa shape index (κ3) is 3.35. The van der Waals surface area contributed by atoms with Crippen molar-refractivity contribution in [3.05, 3.63) is 58.1 Å². The van der Waals surface area contributed by atoms with Crippen LogP contribution in [0.1, 0.15) is 16.7 Å². The number of nitriles is 1. The summed E-state index contributed by atoms with van der Waals surface area (Å²) in [5.74, 6) is 0. The molecular weight excluding hydrogens is 308 g/mol. The van der Waals surface area contributed by atoms with E-state index in [1.165, 1.54) is 18.2 Å². The molecule has 2 aromatic carbocycles. The van der Waals surface area contributed by atoms with E-state index >= 15 is 0 Å². The molecule has 6 heteroatoms. The van der Waals surface area contributed by atoms with Gasteiger partial charge in [0.25, 0.3) is 10.0 Å². The minimum absolute atomic E-state index is 0.0757. The number of aryl methyl sites for hydroxylation is 2. The van der Waals surface area contributed by atoms with Gasteiger partial charge in [-0.2, -0.15) is 5.26 Å². The fraction of sp³-hybridized carbons (Fsp3) is 0.133. The molecule has 1 N–H and O–H groups in total. The first kappa shape index (κ1) is 15.4. The average Bonchev–Trinajstić information content (AvgIpc) is 2.43. The van der Waals surface area contributed by atoms with Crippen molar-refractivity contribution in [3.8, 4) is 6.07 Å². The molecule has 0 radical (unpaired) electrons. The Bertz CT molecular complexity index is 839. The van der Waals surface area contributed by atoms with Crippen molar-refractivity contribution in [1.29, 1.82) is 5.26 Å². The van der Waals surface area contributed by atoms with Crippen molar-refractivity contribution in [2.24, 2.45) is 0 Å². The van der Waals surface area contributed by atoms with E-state index in [9.17, 15) is 8.42 Å². The second-order valence-corrected chi connectivity index (χ2v) is 6.74. The first-order chi connectivity index (χ1) is 9.83. The molecule has 0 aromatic heterocycles. The van der Waals surface area contributed by atoms with Gasteiger partial charge in [-0.3, -0.25) is 4.72 Å². The minimum atomic E-state index is -3.85. The summed E-state index contributed by atoms with van der Waals surface area (Å²) in [6.07, 6.45) is 0. The maximum atomic E-state index is 12.4. The number of benzene rings is 2. The highest BCUT2D eigenvalue weighted by Gasteiger charge is 2.19. The molecule has 0 aliphatic carbocycles. The molecule has 2 aromatic rings. The summed E-state index contributed by atoms with van der Waals surface area (Å²) < 4.78 is 27.4. The first-order valence-electron chi connectivity index (χ1n) is 6.13. The lowest BCUT2D eigenvalue weighted by Gasteiger charge is -2.12. The van der Waals surface area contributed by atoms with Crippen LogP contribution in [0.3, 0.4) is 0 Å². The van der Waals surface area contributed by atoms with E-state index in [0.29, 0.717) is 5.69 Å². The van der Waals surface area contributed by atoms with E-state index in [4.69, 9.17) is 16.9 Å². The predicted octanol–water partition coefficient (Wildman–Crippen LogP) is 3.63. The van der Waals surface area contributed by atoms with Crippen LogP contribution in [-0.4, -0.2) is 8.42 Å². The summed E-state index contributed by atoms with van der Waals surface area (Å²) >= 11 is 5.95. The van der Waals surface area contributed by atoms with Gasteiger partial charge in [0.15, 0.2) is 0 Å². The number of nitrogens with zero attached hydrogens (tertiary/aromatic N) is 1. The average molecular weight is 321 g/mol. The second kappa shape index (κ2) is 5.76. The molecule has 0 saturated carbocycles. The molecule has 0 aliphatic heterocycles. The molecule has 0 unspecified atom stereocenters. The van der Waals surface area contributed by atoms with Crippen LogP contribution in [-0.2, 0) is 10.0 Å². The number of halogens is 1. The smallest absolute Gasteiger partial charge is 0.263 e. The first-order valence-corrected chi connectivity index (χ1v) is 7.99. The maximum absolute atomic E-state index is 12.4. The molecule has 0 fully saturated rings. The largest absolute Gasteiger partial charge is 0.279 e. The zero-order valence-electron chi connectivity index (χ0n) is 11.5. The van der Waals surface area contributed by atoms with Gasteiger partial charge in [-0.25, -0.2) is 8.42 Å². The molecule has 0 bridgehead atoms. The molecule has 21 heavy (non-hydrogen) atoms. The lowest BCUT2D eigenvalue weighted by molar-refractivity contribution is 0.601. The summed E-state index contributed by atoms with van der Waals surface area (Å²) in [5.41, 5.74) is 2.47. The molecule has 108 valence electrons. The van der Waals surface area contributed by atoms with Gasteiger partial charge >= 0.3 is 0 Å². The fourth-order valence-electron chi connectivity index (χ4n) is 1.82. The Hall–Kier alpha value is -2.03. The van der Waals surface area contributed by atoms with Crippen LogP contribution in [0.2, 0.25) is 5.02 Å². The Kier molecular flexibility index (Phi) is 4.21. The Labute approximate surface area is 129 Å². The van der Waals surface area contributed by atoms with E-state index < -0.39 is 10.0 Å². The maximum Gasteiger partial charge on any atom is 0.263 e. The van der Waals surface area contributed by atoms with Crippen LogP contribution in [0.25, 0.3) is 0 Å². The van der Waals surface area contributed by atoms with Gasteiger partial charge in [0, 0.05) is 0 Å². The van der Waals surface area contributed by atoms with Gasteiger partial charge in [0.1, 0.15) is 4.90 Å². The van der Waals surface area contributed by atoms with Crippen molar-refractivity contribution >= 4 is 27.3 Å². The fourth-order valence-corrected chi connectivity index (χ4v) is 3.47. The molecule has 0 aliphatic rings. The predicted molar refractivity (Wildman–Crippen MR) is 82.9 cm³/mol. The summed E-state index contributed by atoms with van der Waals surface area (Å²) in [6.45, 7) is 3.69. The van der Waals surface area contributed by atoms with Crippen molar-refractivity contribution in [2.75, 3.05) is 4.72 Å². The topological polar surface area (TPSA) is 70.0 Å². The molecule has 0 spiro atoms. The number of hydrogen-bond acceptors (Lipinski definition) is 3. The zero-order chi connectivity index (χ0) is 15.6. The molecule has 0 heterocycles. The summed E-state index contributed by atoms with van der Waals surface area (Å²) in [4.78, 5) is -0.107. The third-order valence-corrected chi connectivity index (χ3v) is 4.83. The van der Waals surface area contributed by atoms with Crippen LogP contribution >= 0.6 is 11.6 Å². The zero-order valence-corrected chi connectivity index (χ0v) is 13.1. The van der Waals surface area contributed by atoms with Crippen LogP contribution in [0, 0.1) is 25.2 Å². The number of sulfonamides is 1. The standard InChI is InChI=1S/C15H13ClN2O2S/c1-10-3-4-11(2)14(7-10)18-21(19,20)15-8-12(9-17)5-6-13(15)16/h3-8,18H,1-2H3. The summed E-state index contributed by atoms with van der Waals surface area (Å²) in [7, 11) is -3.85. The lowest BCUT2D eigenvalue weighted by Crippen LogP contribution is -2.14. The van der Waals surface area contributed by atoms with E-state index in [2.05, 4.69) is 4.72 Å². The lowest BCUT2D eigenvalue weighted by atomic mass is 10.1. The second-order valence-electron chi connectivity index (χ2n) is 4.68. The van der Waals surface area contributed by atoms with Gasteiger partial charge in [0.2, 0.25) is 0 Å². The van der Waals surface area contributed by atoms with Crippen molar-refractivity contribution in [1.82, 2.24) is 0 Å². The Balaban J connectivity index is 2.48. The van der Waals surface area contributed by atoms with Gasteiger partial charge in [-0.15, -0.1) is 0 Å². The van der Waals surface area contributed by atoms with Gasteiger partial charge in [-0.1, -0.05) is 23.7 Å². The number of nitrogens with one attached hydrogen (secondary N) is 1. The van der Waals surface area contributed by atoms with Crippen LogP contribution < -0.4 is 4.72 Å². The molecule has 0 atom stereocenters. The molecule has 4 nitrogen and oxygen atoms in total. The summed E-state index contributed by atoms with van der Waals surface area (Å²) in [5, 5.41) is 8.96. The van der Waals surface area contributed by atoms with E-state index in [1.54, 1.807) is 6.07 Å². The Morgan fingerprint density at radius 3 is 2.52 bits per heavy atom. The Morgan fingerprint density at radius 1 is 1.14 bits per heavy atom. The SMILES string of the molecule is Cc1ccc(C)c(NS(=O)(=O)c2cc(C#N)ccc2Cl)c1. The summed E-state index contributed by atoms with van der Waals surface area (Å²) in [6, 6.07) is 11.5. The normalized spacial score (nSPS) is 11.0. The van der Waals surface area contributed by atoms with Crippen molar-refractivity contribution in [2.45, 2.75) is 18.7 Å². The van der Waals surface area contributed by atoms with Crippen molar-refractivity contribution < 1.29 is 8.42 Å². The highest BCUT2D eigenvalue weighted by Crippen LogP contribution is 2.26. The highest BCUT2D eigenvalue weighted by molar-refractivity contribution is 7.92. The molecule has 2 rings (SSSR count). The quantitative estimate of drug-likeness (QED) is 0.938. The van der Waals surface area contributed by atoms with E-state index in [1.807, 2.05) is 32.0 Å². The third-order valence-electron chi connectivity index (χ3n) is 2.99. The van der Waals surface area contributed by atoms with Crippen LogP contribution in [0.4, 0.5) is 5.69 Å². The van der Waals surface area contributed by atoms with Gasteiger partial charge in [0.05, 0.1) is 22.3 Å². The van der Waals surface area contributed by atoms with Crippen LogP contribution in [0.15, 0.2) is 41.3 Å². The van der Waals surface area contributed by atoms with Crippen LogP contribution in [0.5, 0.6) is 0 Å². The molecular formula is C15H13ClN2O2S. The number of anilines is 1. The number of rotatable bonds is 3. The number of hydrogen-bond donors (Lipinski definition) is 1. The van der Waals surface area contributed by atoms with Gasteiger partial charge < -0.3 is 0 Å². The minimum Gasteiger partial charge on any atom is -0.279 e.